The van der Waals surface area contributed by atoms with Gasteiger partial charge in [0.05, 0.1) is 10.5 Å². The summed E-state index contributed by atoms with van der Waals surface area (Å²) in [7, 11) is 0. The normalized spacial score (nSPS) is 9.43. The molecule has 6 heteroatoms. The Hall–Kier alpha value is -1.82. The van der Waals surface area contributed by atoms with Gasteiger partial charge in [-0.15, -0.1) is 0 Å². The third kappa shape index (κ3) is 1.74. The number of hydrogen-bond acceptors (Lipinski definition) is 5. The first-order valence-electron chi connectivity index (χ1n) is 3.52. The predicted molar refractivity (Wildman–Crippen MR) is 52.9 cm³/mol. The van der Waals surface area contributed by atoms with Crippen molar-refractivity contribution < 1.29 is 14.8 Å². The lowest BCUT2D eigenvalue weighted by atomic mass is 10.1. The number of non-ortho nitro benzene ring substituents is 1. The number of aldehydes is 1. The van der Waals surface area contributed by atoms with E-state index in [4.69, 9.17) is 0 Å². The number of aromatic hydroxyl groups is 1. The van der Waals surface area contributed by atoms with Gasteiger partial charge in [0.2, 0.25) is 0 Å². The lowest BCUT2D eigenvalue weighted by Gasteiger charge is -2.00. The summed E-state index contributed by atoms with van der Waals surface area (Å²) in [6.45, 7) is 0. The lowest BCUT2D eigenvalue weighted by Crippen LogP contribution is -1.94. The van der Waals surface area contributed by atoms with E-state index in [1.807, 2.05) is 0 Å². The van der Waals surface area contributed by atoms with Crippen LogP contribution in [0.15, 0.2) is 12.1 Å². The summed E-state index contributed by atoms with van der Waals surface area (Å²) in [5.41, 5.74) is -0.326. The van der Waals surface area contributed by atoms with E-state index in [2.05, 4.69) is 12.2 Å². The molecule has 0 aromatic heterocycles. The van der Waals surface area contributed by atoms with Gasteiger partial charge in [-0.3, -0.25) is 14.9 Å². The summed E-state index contributed by atoms with van der Waals surface area (Å²) in [5.74, 6) is -0.333. The highest BCUT2D eigenvalue weighted by atomic mass is 32.1. The lowest BCUT2D eigenvalue weighted by molar-refractivity contribution is -0.384. The van der Waals surface area contributed by atoms with E-state index in [0.717, 1.165) is 17.5 Å². The van der Waals surface area contributed by atoms with E-state index >= 15 is 0 Å². The Morgan fingerprint density at radius 2 is 2.00 bits per heavy atom. The summed E-state index contributed by atoms with van der Waals surface area (Å²) in [5, 5.41) is 20.8. The van der Waals surface area contributed by atoms with Gasteiger partial charge in [0.25, 0.3) is 5.69 Å². The first-order chi connectivity index (χ1) is 6.60. The van der Waals surface area contributed by atoms with Crippen LogP contribution in [0.1, 0.15) is 15.9 Å². The number of phenols is 1. The molecule has 1 aromatic rings. The second-order valence-electron chi connectivity index (χ2n) is 2.47. The fourth-order valence-electron chi connectivity index (χ4n) is 0.949. The van der Waals surface area contributed by atoms with Crippen molar-refractivity contribution in [1.29, 1.82) is 0 Å². The number of benzene rings is 1. The summed E-state index contributed by atoms with van der Waals surface area (Å²) in [6.07, 6.45) is 0.338. The van der Waals surface area contributed by atoms with Crippen LogP contribution in [-0.4, -0.2) is 21.7 Å². The molecule has 0 unspecified atom stereocenters. The highest BCUT2D eigenvalue weighted by Gasteiger charge is 2.13. The van der Waals surface area contributed by atoms with Crippen LogP contribution in [0.3, 0.4) is 0 Å². The van der Waals surface area contributed by atoms with Crippen molar-refractivity contribution in [2.75, 3.05) is 0 Å². The highest BCUT2D eigenvalue weighted by Crippen LogP contribution is 2.25. The van der Waals surface area contributed by atoms with Crippen molar-refractivity contribution in [2.45, 2.75) is 0 Å². The Morgan fingerprint density at radius 1 is 1.43 bits per heavy atom. The van der Waals surface area contributed by atoms with Crippen LogP contribution in [0.5, 0.6) is 5.75 Å². The molecular formula is C8H5NO4S. The van der Waals surface area contributed by atoms with Gasteiger partial charge in [0, 0.05) is 23.1 Å². The molecule has 0 bridgehead atoms. The number of rotatable bonds is 3. The van der Waals surface area contributed by atoms with Gasteiger partial charge in [-0.2, -0.15) is 0 Å². The molecule has 0 radical (unpaired) electrons. The molecule has 0 atom stereocenters. The van der Waals surface area contributed by atoms with Crippen LogP contribution in [0.2, 0.25) is 0 Å². The van der Waals surface area contributed by atoms with Gasteiger partial charge < -0.3 is 5.11 Å². The second-order valence-corrected chi connectivity index (χ2v) is 2.70. The van der Waals surface area contributed by atoms with Crippen LogP contribution < -0.4 is 0 Å². The Kier molecular flexibility index (Phi) is 2.88. The number of phenolic OH excluding ortho intramolecular Hbond substituents is 1. The molecule has 1 aromatic carbocycles. The molecule has 0 aliphatic heterocycles. The molecule has 0 spiro atoms. The molecular weight excluding hydrogens is 206 g/mol. The van der Waals surface area contributed by atoms with E-state index in [1.165, 1.54) is 0 Å². The number of nitro benzene ring substituents is 1. The minimum atomic E-state index is -0.658. The number of hydrogen-bond donors (Lipinski definition) is 1. The van der Waals surface area contributed by atoms with Gasteiger partial charge in [-0.25, -0.2) is 0 Å². The molecule has 0 aliphatic rings. The van der Waals surface area contributed by atoms with Gasteiger partial charge in [-0.05, 0) is 0 Å². The molecule has 0 aliphatic carbocycles. The maximum atomic E-state index is 10.4. The average Bonchev–Trinajstić information content (AvgIpc) is 2.17. The van der Waals surface area contributed by atoms with Crippen molar-refractivity contribution in [2.24, 2.45) is 0 Å². The smallest absolute Gasteiger partial charge is 0.271 e. The molecule has 72 valence electrons. The second kappa shape index (κ2) is 3.93. The number of thiocarbonyl (C=S) groups is 1. The monoisotopic (exact) mass is 211 g/mol. The first-order valence-corrected chi connectivity index (χ1v) is 3.99. The number of nitrogens with zero attached hydrogens (tertiary/aromatic N) is 1. The maximum absolute atomic E-state index is 10.4. The summed E-state index contributed by atoms with van der Waals surface area (Å²) in [6, 6.07) is 2.10. The van der Waals surface area contributed by atoms with Crippen molar-refractivity contribution in [3.63, 3.8) is 0 Å². The summed E-state index contributed by atoms with van der Waals surface area (Å²) >= 11 is 4.54. The topological polar surface area (TPSA) is 80.4 Å². The molecule has 1 N–H and O–H groups in total. The zero-order chi connectivity index (χ0) is 10.7. The van der Waals surface area contributed by atoms with Crippen LogP contribution in [0.4, 0.5) is 5.69 Å². The maximum Gasteiger partial charge on any atom is 0.271 e. The van der Waals surface area contributed by atoms with E-state index < -0.39 is 4.92 Å². The Morgan fingerprint density at radius 3 is 2.43 bits per heavy atom. The Bertz CT molecular complexity index is 387. The predicted octanol–water partition coefficient (Wildman–Crippen LogP) is 1.46. The molecule has 1 rings (SSSR count). The Labute approximate surface area is 84.1 Å². The number of nitro groups is 1. The summed E-state index contributed by atoms with van der Waals surface area (Å²) < 4.78 is 0. The quantitative estimate of drug-likeness (QED) is 0.354. The molecule has 14 heavy (non-hydrogen) atoms. The van der Waals surface area contributed by atoms with Crippen molar-refractivity contribution in [1.82, 2.24) is 0 Å². The van der Waals surface area contributed by atoms with Gasteiger partial charge in [-0.1, -0.05) is 12.2 Å². The molecule has 0 heterocycles. The third-order valence-electron chi connectivity index (χ3n) is 1.62. The zero-order valence-corrected chi connectivity index (χ0v) is 7.65. The van der Waals surface area contributed by atoms with Crippen molar-refractivity contribution in [3.05, 3.63) is 33.4 Å². The Balaban J connectivity index is 3.46. The van der Waals surface area contributed by atoms with Gasteiger partial charge in [0.15, 0.2) is 6.29 Å². The molecule has 5 nitrogen and oxygen atoms in total. The zero-order valence-electron chi connectivity index (χ0n) is 6.84. The average molecular weight is 211 g/mol. The minimum Gasteiger partial charge on any atom is -0.507 e. The van der Waals surface area contributed by atoms with E-state index in [9.17, 15) is 20.0 Å². The minimum absolute atomic E-state index is 0.0938. The van der Waals surface area contributed by atoms with E-state index in [-0.39, 0.29) is 22.6 Å². The highest BCUT2D eigenvalue weighted by molar-refractivity contribution is 7.79. The molecule has 0 amide bonds. The van der Waals surface area contributed by atoms with E-state index in [1.54, 1.807) is 0 Å². The van der Waals surface area contributed by atoms with Crippen LogP contribution >= 0.6 is 12.2 Å². The summed E-state index contributed by atoms with van der Waals surface area (Å²) in [4.78, 5) is 20.2. The SMILES string of the molecule is O=Cc1cc([N+](=O)[O-])cc(C=S)c1O. The molecule has 0 saturated heterocycles. The largest absolute Gasteiger partial charge is 0.507 e. The molecule has 0 saturated carbocycles. The standard InChI is InChI=1S/C8H5NO4S/c10-3-5-1-7(9(12)13)2-6(4-14)8(5)11/h1-4,11H. The number of carbonyl (C=O) groups excluding carboxylic acids is 1. The fraction of sp³-hybridized carbons (Fsp3) is 0. The van der Waals surface area contributed by atoms with Crippen molar-refractivity contribution in [3.8, 4) is 5.75 Å². The van der Waals surface area contributed by atoms with Gasteiger partial charge >= 0.3 is 0 Å². The van der Waals surface area contributed by atoms with E-state index in [0.29, 0.717) is 6.29 Å². The van der Waals surface area contributed by atoms with Crippen LogP contribution in [-0.2, 0) is 0 Å². The number of carbonyl (C=O) groups is 1. The first kappa shape index (κ1) is 10.3. The fourth-order valence-corrected chi connectivity index (χ4v) is 1.13. The van der Waals surface area contributed by atoms with Crippen LogP contribution in [0, 0.1) is 10.1 Å². The van der Waals surface area contributed by atoms with Crippen molar-refractivity contribution >= 4 is 29.6 Å². The van der Waals surface area contributed by atoms with Gasteiger partial charge in [0.1, 0.15) is 5.75 Å². The van der Waals surface area contributed by atoms with Crippen LogP contribution in [0.25, 0.3) is 0 Å². The molecule has 0 fully saturated rings. The third-order valence-corrected chi connectivity index (χ3v) is 1.87.